The van der Waals surface area contributed by atoms with Crippen molar-refractivity contribution in [2.45, 2.75) is 32.9 Å². The van der Waals surface area contributed by atoms with Crippen LogP contribution in [0.3, 0.4) is 0 Å². The maximum atomic E-state index is 12.9. The fourth-order valence-corrected chi connectivity index (χ4v) is 3.92. The van der Waals surface area contributed by atoms with E-state index in [0.29, 0.717) is 30.2 Å². The number of carbonyl (C=O) groups excluding carboxylic acids is 2. The summed E-state index contributed by atoms with van der Waals surface area (Å²) in [7, 11) is 1.52. The van der Waals surface area contributed by atoms with Gasteiger partial charge in [-0.1, -0.05) is 0 Å². The first-order valence-electron chi connectivity index (χ1n) is 8.92. The second kappa shape index (κ2) is 8.43. The molecule has 0 saturated heterocycles. The Bertz CT molecular complexity index is 831. The summed E-state index contributed by atoms with van der Waals surface area (Å²) in [5, 5.41) is 4.84. The standard InChI is InChI=1S/C20H24N2O4S/c1-13(2)21-19(23)12-26-16-5-4-14(10-17(16)25-3)20(24)22-8-6-18-15(11-22)7-9-27-18/h4-5,7,9-10,13H,6,8,11-12H2,1-3H3,(H,21,23). The topological polar surface area (TPSA) is 67.9 Å². The van der Waals surface area contributed by atoms with Crippen molar-refractivity contribution in [2.75, 3.05) is 20.3 Å². The van der Waals surface area contributed by atoms with E-state index in [1.54, 1.807) is 29.5 Å². The molecule has 27 heavy (non-hydrogen) atoms. The van der Waals surface area contributed by atoms with Gasteiger partial charge in [-0.2, -0.15) is 0 Å². The van der Waals surface area contributed by atoms with Crippen LogP contribution < -0.4 is 14.8 Å². The summed E-state index contributed by atoms with van der Waals surface area (Å²) in [6.07, 6.45) is 0.891. The number of nitrogens with zero attached hydrogens (tertiary/aromatic N) is 1. The first-order chi connectivity index (χ1) is 13.0. The molecule has 1 aromatic carbocycles. The lowest BCUT2D eigenvalue weighted by molar-refractivity contribution is -0.123. The molecule has 2 heterocycles. The van der Waals surface area contributed by atoms with Crippen LogP contribution in [0.1, 0.15) is 34.6 Å². The van der Waals surface area contributed by atoms with Crippen molar-refractivity contribution < 1.29 is 19.1 Å². The molecule has 2 amide bonds. The molecular formula is C20H24N2O4S. The van der Waals surface area contributed by atoms with Crippen LogP contribution in [-0.4, -0.2) is 43.0 Å². The first-order valence-corrected chi connectivity index (χ1v) is 9.80. The van der Waals surface area contributed by atoms with Crippen molar-refractivity contribution in [1.29, 1.82) is 0 Å². The molecule has 2 aromatic rings. The van der Waals surface area contributed by atoms with Gasteiger partial charge in [0.2, 0.25) is 0 Å². The van der Waals surface area contributed by atoms with Gasteiger partial charge in [0, 0.05) is 29.6 Å². The van der Waals surface area contributed by atoms with Gasteiger partial charge in [-0.15, -0.1) is 11.3 Å². The minimum absolute atomic E-state index is 0.0331. The molecule has 3 rings (SSSR count). The molecule has 0 unspecified atom stereocenters. The number of thiophene rings is 1. The van der Waals surface area contributed by atoms with E-state index in [4.69, 9.17) is 9.47 Å². The summed E-state index contributed by atoms with van der Waals surface area (Å²) in [5.41, 5.74) is 1.77. The van der Waals surface area contributed by atoms with Gasteiger partial charge in [-0.25, -0.2) is 0 Å². The zero-order valence-corrected chi connectivity index (χ0v) is 16.6. The zero-order chi connectivity index (χ0) is 19.4. The van der Waals surface area contributed by atoms with Crippen LogP contribution in [0.2, 0.25) is 0 Å². The third-order valence-electron chi connectivity index (χ3n) is 4.31. The second-order valence-electron chi connectivity index (χ2n) is 6.72. The Hall–Kier alpha value is -2.54. The molecule has 144 valence electrons. The van der Waals surface area contributed by atoms with Crippen LogP contribution in [0.15, 0.2) is 29.6 Å². The molecule has 7 heteroatoms. The molecule has 1 N–H and O–H groups in total. The molecule has 0 spiro atoms. The third kappa shape index (κ3) is 4.60. The van der Waals surface area contributed by atoms with E-state index in [2.05, 4.69) is 16.8 Å². The van der Waals surface area contributed by atoms with E-state index in [-0.39, 0.29) is 24.5 Å². The van der Waals surface area contributed by atoms with Crippen LogP contribution in [0.5, 0.6) is 11.5 Å². The van der Waals surface area contributed by atoms with Crippen molar-refractivity contribution in [1.82, 2.24) is 10.2 Å². The lowest BCUT2D eigenvalue weighted by atomic mass is 10.1. The van der Waals surface area contributed by atoms with Gasteiger partial charge in [-0.05, 0) is 55.5 Å². The Labute approximate surface area is 163 Å². The Morgan fingerprint density at radius 2 is 2.07 bits per heavy atom. The van der Waals surface area contributed by atoms with E-state index in [1.165, 1.54) is 17.6 Å². The summed E-state index contributed by atoms with van der Waals surface area (Å²) in [6, 6.07) is 7.19. The fourth-order valence-electron chi connectivity index (χ4n) is 3.03. The maximum absolute atomic E-state index is 12.9. The number of benzene rings is 1. The van der Waals surface area contributed by atoms with E-state index >= 15 is 0 Å². The van der Waals surface area contributed by atoms with Crippen LogP contribution >= 0.6 is 11.3 Å². The number of rotatable bonds is 6. The van der Waals surface area contributed by atoms with E-state index in [9.17, 15) is 9.59 Å². The van der Waals surface area contributed by atoms with Crippen LogP contribution in [0.4, 0.5) is 0 Å². The number of hydrogen-bond donors (Lipinski definition) is 1. The van der Waals surface area contributed by atoms with Gasteiger partial charge in [0.25, 0.3) is 11.8 Å². The van der Waals surface area contributed by atoms with Gasteiger partial charge in [0.1, 0.15) is 0 Å². The predicted octanol–water partition coefficient (Wildman–Crippen LogP) is 2.86. The predicted molar refractivity (Wildman–Crippen MR) is 105 cm³/mol. The highest BCUT2D eigenvalue weighted by Crippen LogP contribution is 2.30. The van der Waals surface area contributed by atoms with Gasteiger partial charge in [0.05, 0.1) is 7.11 Å². The Morgan fingerprint density at radius 3 is 2.81 bits per heavy atom. The van der Waals surface area contributed by atoms with Crippen molar-refractivity contribution in [2.24, 2.45) is 0 Å². The monoisotopic (exact) mass is 388 g/mol. The van der Waals surface area contributed by atoms with Gasteiger partial charge < -0.3 is 19.7 Å². The number of nitrogens with one attached hydrogen (secondary N) is 1. The summed E-state index contributed by atoms with van der Waals surface area (Å²) in [5.74, 6) is 0.638. The second-order valence-corrected chi connectivity index (χ2v) is 7.72. The quantitative estimate of drug-likeness (QED) is 0.826. The third-order valence-corrected chi connectivity index (χ3v) is 5.34. The Balaban J connectivity index is 1.68. The molecular weight excluding hydrogens is 364 g/mol. The van der Waals surface area contributed by atoms with E-state index in [1.807, 2.05) is 18.7 Å². The van der Waals surface area contributed by atoms with Crippen molar-refractivity contribution in [3.8, 4) is 11.5 Å². The van der Waals surface area contributed by atoms with Gasteiger partial charge in [-0.3, -0.25) is 9.59 Å². The minimum atomic E-state index is -0.202. The fraction of sp³-hybridized carbons (Fsp3) is 0.400. The average molecular weight is 388 g/mol. The normalized spacial score (nSPS) is 13.3. The van der Waals surface area contributed by atoms with E-state index in [0.717, 1.165) is 6.42 Å². The zero-order valence-electron chi connectivity index (χ0n) is 15.8. The van der Waals surface area contributed by atoms with Gasteiger partial charge in [0.15, 0.2) is 18.1 Å². The Morgan fingerprint density at radius 1 is 1.26 bits per heavy atom. The molecule has 0 bridgehead atoms. The maximum Gasteiger partial charge on any atom is 0.258 e. The smallest absolute Gasteiger partial charge is 0.258 e. The first kappa shape index (κ1) is 19.2. The van der Waals surface area contributed by atoms with Crippen LogP contribution in [0, 0.1) is 0 Å². The molecule has 1 aliphatic heterocycles. The molecule has 0 aliphatic carbocycles. The lowest BCUT2D eigenvalue weighted by Gasteiger charge is -2.27. The Kier molecular flexibility index (Phi) is 6.01. The number of amides is 2. The number of methoxy groups -OCH3 is 1. The molecule has 6 nitrogen and oxygen atoms in total. The average Bonchev–Trinajstić information content (AvgIpc) is 3.12. The number of ether oxygens (including phenoxy) is 2. The number of fused-ring (bicyclic) bond motifs is 1. The molecule has 0 radical (unpaired) electrons. The van der Waals surface area contributed by atoms with Crippen LogP contribution in [-0.2, 0) is 17.8 Å². The SMILES string of the molecule is COc1cc(C(=O)N2CCc3sccc3C2)ccc1OCC(=O)NC(C)C. The summed E-state index contributed by atoms with van der Waals surface area (Å²) < 4.78 is 10.9. The molecule has 0 fully saturated rings. The largest absolute Gasteiger partial charge is 0.493 e. The highest BCUT2D eigenvalue weighted by molar-refractivity contribution is 7.10. The summed E-state index contributed by atoms with van der Waals surface area (Å²) in [4.78, 5) is 27.8. The van der Waals surface area contributed by atoms with E-state index < -0.39 is 0 Å². The number of hydrogen-bond acceptors (Lipinski definition) is 5. The number of carbonyl (C=O) groups is 2. The highest BCUT2D eigenvalue weighted by Gasteiger charge is 2.23. The van der Waals surface area contributed by atoms with Gasteiger partial charge >= 0.3 is 0 Å². The summed E-state index contributed by atoms with van der Waals surface area (Å²) >= 11 is 1.75. The minimum Gasteiger partial charge on any atom is -0.493 e. The van der Waals surface area contributed by atoms with Crippen LogP contribution in [0.25, 0.3) is 0 Å². The molecule has 0 atom stereocenters. The molecule has 1 aromatic heterocycles. The summed E-state index contributed by atoms with van der Waals surface area (Å²) in [6.45, 7) is 5.02. The molecule has 0 saturated carbocycles. The highest BCUT2D eigenvalue weighted by atomic mass is 32.1. The lowest BCUT2D eigenvalue weighted by Crippen LogP contribution is -2.35. The molecule has 1 aliphatic rings. The van der Waals surface area contributed by atoms with Crippen molar-refractivity contribution >= 4 is 23.2 Å². The van der Waals surface area contributed by atoms with Crippen molar-refractivity contribution in [3.63, 3.8) is 0 Å². The van der Waals surface area contributed by atoms with Crippen molar-refractivity contribution in [3.05, 3.63) is 45.6 Å².